The molecule has 1 radical (unpaired) electrons. The summed E-state index contributed by atoms with van der Waals surface area (Å²) in [5, 5.41) is 0. The zero-order chi connectivity index (χ0) is 11.1. The van der Waals surface area contributed by atoms with Crippen LogP contribution in [-0.4, -0.2) is 55.9 Å². The van der Waals surface area contributed by atoms with Crippen LogP contribution in [0.15, 0.2) is 48.5 Å². The van der Waals surface area contributed by atoms with Crippen molar-refractivity contribution in [2.45, 2.75) is 6.92 Å². The zero-order valence-electron chi connectivity index (χ0n) is 8.51. The summed E-state index contributed by atoms with van der Waals surface area (Å²) >= 11 is 2.53. The van der Waals surface area contributed by atoms with Crippen LogP contribution in [-0.2, 0) is 0 Å². The molecule has 0 aromatic heterocycles. The molecule has 0 atom stereocenters. The van der Waals surface area contributed by atoms with Gasteiger partial charge in [0, 0.05) is 0 Å². The van der Waals surface area contributed by atoms with Crippen molar-refractivity contribution < 1.29 is 4.55 Å². The Labute approximate surface area is 145 Å². The minimum absolute atomic E-state index is 0. The van der Waals surface area contributed by atoms with Gasteiger partial charge in [-0.3, -0.25) is 0 Å². The maximum atomic E-state index is 6.69. The van der Waals surface area contributed by atoms with Gasteiger partial charge in [0.2, 0.25) is 0 Å². The predicted octanol–water partition coefficient (Wildman–Crippen LogP) is 3.20. The fraction of sp³-hybridized carbons (Fsp3) is 0.0769. The van der Waals surface area contributed by atoms with Crippen molar-refractivity contribution in [3.63, 3.8) is 0 Å². The molecule has 79 valence electrons. The summed E-state index contributed by atoms with van der Waals surface area (Å²) in [5.74, 6) is 0. The van der Waals surface area contributed by atoms with Crippen LogP contribution in [0.4, 0.5) is 0 Å². The summed E-state index contributed by atoms with van der Waals surface area (Å²) in [6, 6.07) is 19.6. The summed E-state index contributed by atoms with van der Waals surface area (Å²) < 4.78 is 6.69. The third-order valence-electron chi connectivity index (χ3n) is 2.10. The van der Waals surface area contributed by atoms with Gasteiger partial charge in [0.25, 0.3) is 0 Å². The topological polar surface area (TPSA) is 20.2 Å². The molecule has 3 heteroatoms. The summed E-state index contributed by atoms with van der Waals surface area (Å²) in [4.78, 5) is 0. The van der Waals surface area contributed by atoms with Crippen molar-refractivity contribution in [3.8, 4) is 11.1 Å². The van der Waals surface area contributed by atoms with E-state index in [-0.39, 0.29) is 51.4 Å². The van der Waals surface area contributed by atoms with Gasteiger partial charge >= 0.3 is 51.4 Å². The van der Waals surface area contributed by atoms with Crippen LogP contribution >= 0.6 is 12.9 Å². The number of hydrogen-bond donors (Lipinski definition) is 2. The molecule has 2 aromatic rings. The van der Waals surface area contributed by atoms with E-state index < -0.39 is 0 Å². The van der Waals surface area contributed by atoms with Crippen molar-refractivity contribution >= 4 is 64.3 Å². The summed E-state index contributed by atoms with van der Waals surface area (Å²) in [6.45, 7) is 2.10. The molecule has 0 aliphatic heterocycles. The summed E-state index contributed by atoms with van der Waals surface area (Å²) in [7, 11) is 0. The predicted molar refractivity (Wildman–Crippen MR) is 74.2 cm³/mol. The van der Waals surface area contributed by atoms with Gasteiger partial charge in [0.15, 0.2) is 0 Å². The molecule has 0 fully saturated rings. The van der Waals surface area contributed by atoms with Crippen LogP contribution < -0.4 is 0 Å². The number of rotatable bonds is 1. The van der Waals surface area contributed by atoms with Crippen molar-refractivity contribution in [2.24, 2.45) is 0 Å². The van der Waals surface area contributed by atoms with Crippen molar-refractivity contribution in [1.29, 1.82) is 0 Å². The molecule has 0 bridgehead atoms. The molecule has 0 aliphatic rings. The van der Waals surface area contributed by atoms with Gasteiger partial charge in [-0.05, 0) is 37.0 Å². The molecular formula is C13H14KOS. The van der Waals surface area contributed by atoms with Crippen LogP contribution in [0.1, 0.15) is 5.56 Å². The van der Waals surface area contributed by atoms with Crippen molar-refractivity contribution in [1.82, 2.24) is 0 Å². The Morgan fingerprint density at radius 1 is 0.875 bits per heavy atom. The van der Waals surface area contributed by atoms with Crippen LogP contribution in [0.2, 0.25) is 0 Å². The van der Waals surface area contributed by atoms with Gasteiger partial charge in [0.1, 0.15) is 0 Å². The van der Waals surface area contributed by atoms with Crippen LogP contribution in [0, 0.1) is 13.0 Å². The monoisotopic (exact) mass is 257 g/mol. The average Bonchev–Trinajstić information content (AvgIpc) is 2.34. The standard InChI is InChI=1S/C13H11.K.H2OS.H/c1-11-7-9-13(10-8-11)12-5-3-2-4-6-12;;1-2;/h3-10H,1H3;;1-2H;. The Kier molecular flexibility index (Phi) is 9.65. The van der Waals surface area contributed by atoms with E-state index in [1.165, 1.54) is 16.7 Å². The van der Waals surface area contributed by atoms with Crippen molar-refractivity contribution in [3.05, 3.63) is 60.2 Å². The Bertz CT molecular complexity index is 386. The Morgan fingerprint density at radius 2 is 1.31 bits per heavy atom. The normalized spacial score (nSPS) is 8.44. The van der Waals surface area contributed by atoms with Gasteiger partial charge in [0.05, 0.1) is 0 Å². The Morgan fingerprint density at radius 3 is 1.81 bits per heavy atom. The molecule has 2 rings (SSSR count). The molecule has 0 saturated carbocycles. The average molecular weight is 257 g/mol. The van der Waals surface area contributed by atoms with Crippen molar-refractivity contribution in [2.75, 3.05) is 0 Å². The minimum atomic E-state index is 0. The second-order valence-corrected chi connectivity index (χ2v) is 3.15. The molecule has 2 aromatic carbocycles. The van der Waals surface area contributed by atoms with E-state index in [1.807, 2.05) is 12.1 Å². The molecule has 0 aliphatic carbocycles. The first kappa shape index (κ1) is 16.4. The van der Waals surface area contributed by atoms with E-state index in [0.29, 0.717) is 0 Å². The molecular weight excluding hydrogens is 243 g/mol. The third kappa shape index (κ3) is 5.14. The summed E-state index contributed by atoms with van der Waals surface area (Å²) in [5.41, 5.74) is 3.81. The number of hydrogen-bond acceptors (Lipinski definition) is 2. The number of aryl methyl sites for hydroxylation is 1. The van der Waals surface area contributed by atoms with E-state index in [4.69, 9.17) is 4.55 Å². The maximum absolute atomic E-state index is 6.69. The van der Waals surface area contributed by atoms with E-state index in [0.717, 1.165) is 0 Å². The fourth-order valence-electron chi connectivity index (χ4n) is 1.33. The molecule has 0 amide bonds. The number of thiol groups is 1. The third-order valence-corrected chi connectivity index (χ3v) is 2.10. The van der Waals surface area contributed by atoms with Gasteiger partial charge in [-0.15, -0.1) is 0 Å². The van der Waals surface area contributed by atoms with E-state index in [1.54, 1.807) is 0 Å². The molecule has 1 N–H and O–H groups in total. The van der Waals surface area contributed by atoms with Gasteiger partial charge < -0.3 is 4.55 Å². The molecule has 0 unspecified atom stereocenters. The van der Waals surface area contributed by atoms with Gasteiger partial charge in [-0.2, -0.15) is 0 Å². The van der Waals surface area contributed by atoms with E-state index in [2.05, 4.69) is 62.3 Å². The molecule has 0 saturated heterocycles. The van der Waals surface area contributed by atoms with Gasteiger partial charge in [-0.25, -0.2) is 0 Å². The second kappa shape index (κ2) is 9.42. The molecule has 1 nitrogen and oxygen atoms in total. The fourth-order valence-corrected chi connectivity index (χ4v) is 1.33. The quantitative estimate of drug-likeness (QED) is 0.457. The zero-order valence-corrected chi connectivity index (χ0v) is 9.41. The first-order valence-corrected chi connectivity index (χ1v) is 4.99. The first-order valence-electron chi connectivity index (χ1n) is 4.59. The van der Waals surface area contributed by atoms with Crippen LogP contribution in [0.25, 0.3) is 11.1 Å². The first-order chi connectivity index (χ1) is 7.36. The van der Waals surface area contributed by atoms with Gasteiger partial charge in [-0.1, -0.05) is 54.1 Å². The molecule has 0 spiro atoms. The number of benzene rings is 2. The molecule has 16 heavy (non-hydrogen) atoms. The molecule has 0 heterocycles. The SMILES string of the molecule is Cc1ccc(-c2cc[c]cc2)cc1.OS.[KH]. The second-order valence-electron chi connectivity index (χ2n) is 3.15. The Hall–Kier alpha value is 0.386. The van der Waals surface area contributed by atoms with Crippen LogP contribution in [0.5, 0.6) is 0 Å². The summed E-state index contributed by atoms with van der Waals surface area (Å²) in [6.07, 6.45) is 0. The van der Waals surface area contributed by atoms with E-state index >= 15 is 0 Å². The van der Waals surface area contributed by atoms with E-state index in [9.17, 15) is 0 Å². The van der Waals surface area contributed by atoms with Crippen LogP contribution in [0.3, 0.4) is 0 Å². The Balaban J connectivity index is 0.000000711.